The summed E-state index contributed by atoms with van der Waals surface area (Å²) in [5.74, 6) is -1.61. The molecule has 36 heavy (non-hydrogen) atoms. The SMILES string of the molecule is O=C1[C@H]2[C@@H](C(=O)N1Cc1ccccc1)[C@@]1(C(=O)N(Cc3ccccc3)c3ccccc31)N1CCC[C@@H]21. The molecule has 0 N–H and O–H groups in total. The maximum Gasteiger partial charge on any atom is 0.253 e. The Kier molecular flexibility index (Phi) is 4.70. The van der Waals surface area contributed by atoms with Gasteiger partial charge in [0.15, 0.2) is 0 Å². The van der Waals surface area contributed by atoms with E-state index in [4.69, 9.17) is 0 Å². The summed E-state index contributed by atoms with van der Waals surface area (Å²) in [6.45, 7) is 1.40. The van der Waals surface area contributed by atoms with Crippen LogP contribution in [0.4, 0.5) is 5.69 Å². The van der Waals surface area contributed by atoms with Crippen molar-refractivity contribution in [3.8, 4) is 0 Å². The Morgan fingerprint density at radius 2 is 1.33 bits per heavy atom. The van der Waals surface area contributed by atoms with E-state index < -0.39 is 17.4 Å². The summed E-state index contributed by atoms with van der Waals surface area (Å²) in [7, 11) is 0. The Balaban J connectivity index is 1.36. The molecule has 3 saturated heterocycles. The lowest BCUT2D eigenvalue weighted by Crippen LogP contribution is -2.55. The van der Waals surface area contributed by atoms with Gasteiger partial charge in [0, 0.05) is 17.3 Å². The maximum absolute atomic E-state index is 14.6. The molecule has 0 radical (unpaired) electrons. The van der Waals surface area contributed by atoms with Crippen LogP contribution in [0.3, 0.4) is 0 Å². The van der Waals surface area contributed by atoms with Gasteiger partial charge in [0.2, 0.25) is 11.8 Å². The van der Waals surface area contributed by atoms with Crippen LogP contribution in [0.2, 0.25) is 0 Å². The quantitative estimate of drug-likeness (QED) is 0.538. The van der Waals surface area contributed by atoms with Crippen LogP contribution >= 0.6 is 0 Å². The van der Waals surface area contributed by atoms with Crippen molar-refractivity contribution in [2.24, 2.45) is 11.8 Å². The van der Waals surface area contributed by atoms with Crippen LogP contribution in [0.15, 0.2) is 84.9 Å². The summed E-state index contributed by atoms with van der Waals surface area (Å²) >= 11 is 0. The van der Waals surface area contributed by atoms with Crippen LogP contribution in [0.5, 0.6) is 0 Å². The zero-order valence-corrected chi connectivity index (χ0v) is 19.9. The predicted molar refractivity (Wildman–Crippen MR) is 134 cm³/mol. The predicted octanol–water partition coefficient (Wildman–Crippen LogP) is 3.71. The fraction of sp³-hybridized carbons (Fsp3) is 0.300. The largest absolute Gasteiger partial charge is 0.306 e. The average Bonchev–Trinajstić information content (AvgIpc) is 3.61. The van der Waals surface area contributed by atoms with Crippen molar-refractivity contribution in [2.75, 3.05) is 11.4 Å². The van der Waals surface area contributed by atoms with Gasteiger partial charge in [-0.1, -0.05) is 78.9 Å². The minimum Gasteiger partial charge on any atom is -0.306 e. The monoisotopic (exact) mass is 477 g/mol. The molecule has 3 amide bonds. The molecule has 6 nitrogen and oxygen atoms in total. The first-order valence-corrected chi connectivity index (χ1v) is 12.7. The number of hydrogen-bond donors (Lipinski definition) is 0. The Morgan fingerprint density at radius 1 is 0.722 bits per heavy atom. The van der Waals surface area contributed by atoms with Gasteiger partial charge < -0.3 is 4.90 Å². The van der Waals surface area contributed by atoms with Gasteiger partial charge in [0.1, 0.15) is 5.54 Å². The molecular formula is C30H27N3O3. The topological polar surface area (TPSA) is 60.9 Å². The van der Waals surface area contributed by atoms with Gasteiger partial charge in [-0.2, -0.15) is 0 Å². The Labute approximate surface area is 210 Å². The van der Waals surface area contributed by atoms with Crippen molar-refractivity contribution < 1.29 is 14.4 Å². The van der Waals surface area contributed by atoms with E-state index in [1.807, 2.05) is 89.8 Å². The van der Waals surface area contributed by atoms with Gasteiger partial charge in [0.25, 0.3) is 5.91 Å². The third-order valence-electron chi connectivity index (χ3n) is 8.60. The highest BCUT2D eigenvalue weighted by atomic mass is 16.2. The standard InChI is InChI=1S/C30H27N3O3/c34-27-25-24-16-9-17-33(24)30(26(25)28(35)32(27)19-21-12-5-2-6-13-21)22-14-7-8-15-23(22)31(29(30)36)18-20-10-3-1-4-11-20/h1-8,10-15,24-26H,9,16-19H2/t24-,25+,26-,30-/m0/s1. The molecule has 1 spiro atoms. The van der Waals surface area contributed by atoms with Crippen LogP contribution < -0.4 is 4.90 Å². The molecule has 6 heteroatoms. The Bertz CT molecular complexity index is 1370. The van der Waals surface area contributed by atoms with Crippen molar-refractivity contribution >= 4 is 23.4 Å². The second-order valence-corrected chi connectivity index (χ2v) is 10.3. The van der Waals surface area contributed by atoms with E-state index in [1.54, 1.807) is 0 Å². The molecule has 0 unspecified atom stereocenters. The van der Waals surface area contributed by atoms with Crippen molar-refractivity contribution in [1.82, 2.24) is 9.80 Å². The van der Waals surface area contributed by atoms with E-state index in [0.717, 1.165) is 41.8 Å². The Morgan fingerprint density at radius 3 is 2.03 bits per heavy atom. The van der Waals surface area contributed by atoms with Crippen LogP contribution in [0.25, 0.3) is 0 Å². The molecule has 4 atom stereocenters. The zero-order chi connectivity index (χ0) is 24.4. The first-order chi connectivity index (χ1) is 17.6. The molecule has 3 aromatic carbocycles. The molecule has 0 aliphatic carbocycles. The number of rotatable bonds is 4. The third-order valence-corrected chi connectivity index (χ3v) is 8.60. The van der Waals surface area contributed by atoms with Gasteiger partial charge >= 0.3 is 0 Å². The fourth-order valence-electron chi connectivity index (χ4n) is 7.24. The van der Waals surface area contributed by atoms with E-state index in [-0.39, 0.29) is 30.3 Å². The second-order valence-electron chi connectivity index (χ2n) is 10.3. The lowest BCUT2D eigenvalue weighted by molar-refractivity contribution is -0.146. The van der Waals surface area contributed by atoms with Crippen LogP contribution in [-0.2, 0) is 33.0 Å². The van der Waals surface area contributed by atoms with Crippen LogP contribution in [-0.4, -0.2) is 40.1 Å². The minimum absolute atomic E-state index is 0.0744. The number of para-hydroxylation sites is 1. The molecule has 180 valence electrons. The van der Waals surface area contributed by atoms with Gasteiger partial charge in [0.05, 0.1) is 24.9 Å². The zero-order valence-electron chi connectivity index (χ0n) is 19.9. The van der Waals surface area contributed by atoms with E-state index >= 15 is 0 Å². The fourth-order valence-corrected chi connectivity index (χ4v) is 7.24. The number of benzene rings is 3. The smallest absolute Gasteiger partial charge is 0.253 e. The van der Waals surface area contributed by atoms with Crippen LogP contribution in [0, 0.1) is 11.8 Å². The molecule has 7 rings (SSSR count). The normalized spacial score (nSPS) is 28.8. The molecule has 0 aromatic heterocycles. The number of imide groups is 1. The number of likely N-dealkylation sites (tertiary alicyclic amines) is 1. The van der Waals surface area contributed by atoms with Gasteiger partial charge in [-0.15, -0.1) is 0 Å². The highest BCUT2D eigenvalue weighted by Crippen LogP contribution is 2.61. The highest BCUT2D eigenvalue weighted by Gasteiger charge is 2.75. The molecule has 0 bridgehead atoms. The lowest BCUT2D eigenvalue weighted by Gasteiger charge is -2.37. The third kappa shape index (κ3) is 2.73. The van der Waals surface area contributed by atoms with E-state index in [1.165, 1.54) is 4.90 Å². The summed E-state index contributed by atoms with van der Waals surface area (Å²) in [6, 6.07) is 27.3. The van der Waals surface area contributed by atoms with Crippen molar-refractivity contribution in [3.05, 3.63) is 102 Å². The van der Waals surface area contributed by atoms with Gasteiger partial charge in [-0.25, -0.2) is 0 Å². The molecule has 3 aromatic rings. The molecular weight excluding hydrogens is 450 g/mol. The minimum atomic E-state index is -1.13. The van der Waals surface area contributed by atoms with Crippen molar-refractivity contribution in [2.45, 2.75) is 37.5 Å². The molecule has 4 aliphatic heterocycles. The number of nitrogens with zero attached hydrogens (tertiary/aromatic N) is 3. The lowest BCUT2D eigenvalue weighted by atomic mass is 9.75. The summed E-state index contributed by atoms with van der Waals surface area (Å²) in [4.78, 5) is 48.0. The first-order valence-electron chi connectivity index (χ1n) is 12.7. The molecule has 3 fully saturated rings. The summed E-state index contributed by atoms with van der Waals surface area (Å²) in [5, 5.41) is 0. The van der Waals surface area contributed by atoms with E-state index in [2.05, 4.69) is 4.90 Å². The molecule has 4 heterocycles. The number of anilines is 1. The number of fused-ring (bicyclic) bond motifs is 7. The van der Waals surface area contributed by atoms with Crippen molar-refractivity contribution in [1.29, 1.82) is 0 Å². The molecule has 0 saturated carbocycles. The number of amides is 3. The first kappa shape index (κ1) is 21.5. The number of hydrogen-bond acceptors (Lipinski definition) is 4. The van der Waals surface area contributed by atoms with Crippen molar-refractivity contribution in [3.63, 3.8) is 0 Å². The number of carbonyl (C=O) groups excluding carboxylic acids is 3. The average molecular weight is 478 g/mol. The van der Waals surface area contributed by atoms with E-state index in [9.17, 15) is 14.4 Å². The highest BCUT2D eigenvalue weighted by molar-refractivity contribution is 6.16. The Hall–Kier alpha value is -3.77. The van der Waals surface area contributed by atoms with Crippen LogP contribution in [0.1, 0.15) is 29.5 Å². The summed E-state index contributed by atoms with van der Waals surface area (Å²) in [5.41, 5.74) is 2.53. The second kappa shape index (κ2) is 7.87. The summed E-state index contributed by atoms with van der Waals surface area (Å²) < 4.78 is 0. The van der Waals surface area contributed by atoms with Gasteiger partial charge in [-0.3, -0.25) is 24.2 Å². The number of carbonyl (C=O) groups is 3. The molecule has 4 aliphatic rings. The summed E-state index contributed by atoms with van der Waals surface area (Å²) in [6.07, 6.45) is 1.75. The van der Waals surface area contributed by atoms with Gasteiger partial charge in [-0.05, 0) is 36.6 Å². The van der Waals surface area contributed by atoms with E-state index in [0.29, 0.717) is 6.54 Å². The maximum atomic E-state index is 14.6.